The molecule has 1 saturated heterocycles. The number of Topliss-reactive ketones (excluding diaryl/α,β-unsaturated/α-hetero) is 1. The van der Waals surface area contributed by atoms with Crippen LogP contribution in [-0.4, -0.2) is 59.7 Å². The number of amides is 3. The average molecular weight is 615 g/mol. The number of sulfonamides is 1. The summed E-state index contributed by atoms with van der Waals surface area (Å²) in [5.41, 5.74) is 1.47. The van der Waals surface area contributed by atoms with Crippen molar-refractivity contribution in [3.05, 3.63) is 70.1 Å². The number of fused-ring (bicyclic) bond motifs is 1. The van der Waals surface area contributed by atoms with E-state index in [4.69, 9.17) is 11.6 Å². The second-order valence-corrected chi connectivity index (χ2v) is 12.1. The fourth-order valence-electron chi connectivity index (χ4n) is 4.71. The Morgan fingerprint density at radius 1 is 1.17 bits per heavy atom. The van der Waals surface area contributed by atoms with E-state index in [2.05, 4.69) is 17.2 Å². The normalized spacial score (nSPS) is 14.8. The molecule has 2 N–H and O–H groups in total. The van der Waals surface area contributed by atoms with Crippen molar-refractivity contribution in [1.82, 2.24) is 19.5 Å². The van der Waals surface area contributed by atoms with Gasteiger partial charge in [-0.25, -0.2) is 17.5 Å². The second-order valence-electron chi connectivity index (χ2n) is 9.72. The molecule has 0 saturated carbocycles. The molecule has 1 aliphatic rings. The van der Waals surface area contributed by atoms with Crippen molar-refractivity contribution < 1.29 is 32.0 Å². The number of nitrogens with one attached hydrogen (secondary N) is 2. The van der Waals surface area contributed by atoms with E-state index in [9.17, 15) is 32.0 Å². The van der Waals surface area contributed by atoms with Gasteiger partial charge in [0, 0.05) is 47.3 Å². The molecule has 1 aliphatic heterocycles. The Hall–Kier alpha value is -4.21. The highest BCUT2D eigenvalue weighted by molar-refractivity contribution is 7.90. The molecule has 0 spiro atoms. The van der Waals surface area contributed by atoms with Crippen LogP contribution in [0.2, 0.25) is 5.02 Å². The van der Waals surface area contributed by atoms with Crippen molar-refractivity contribution in [3.8, 4) is 11.8 Å². The zero-order chi connectivity index (χ0) is 30.6. The van der Waals surface area contributed by atoms with Crippen molar-refractivity contribution in [2.75, 3.05) is 12.3 Å². The van der Waals surface area contributed by atoms with E-state index in [1.165, 1.54) is 30.9 Å². The number of carbonyl (C=O) groups excluding carboxylic acids is 4. The largest absolute Gasteiger partial charge is 0.350 e. The van der Waals surface area contributed by atoms with Gasteiger partial charge in [-0.05, 0) is 44.9 Å². The molecule has 3 amide bonds. The Labute approximate surface area is 247 Å². The maximum Gasteiger partial charge on any atom is 0.309 e. The molecule has 2 heterocycles. The summed E-state index contributed by atoms with van der Waals surface area (Å²) in [6.07, 6.45) is 2.60. The predicted molar refractivity (Wildman–Crippen MR) is 154 cm³/mol. The third-order valence-corrected chi connectivity index (χ3v) is 8.42. The topological polar surface area (TPSA) is 135 Å². The minimum absolute atomic E-state index is 0.0508. The lowest BCUT2D eigenvalue weighted by Gasteiger charge is -2.24. The maximum absolute atomic E-state index is 14.2. The standard InChI is InChI=1S/C29H28ClFN4O6S/c1-3-42(40,41)33-26(37)12-10-19-9-11-21-22(18(2)36)16-34(25(21)14-19)17-27(38)35-13-5-8-24(35)29(39)32-15-20-6-4-7-23(30)28(20)31/h4,6-7,9,11,14,16,24H,3,5,8,13,15,17H2,1-2H3,(H,32,39)(H,33,37)/t24-/m0/s1. The average Bonchev–Trinajstić information content (AvgIpc) is 3.58. The SMILES string of the molecule is CCS(=O)(=O)NC(=O)C#Cc1ccc2c(C(C)=O)cn(CC(=O)N3CCC[C@H]3C(=O)NCc3cccc(Cl)c3F)c2c1. The lowest BCUT2D eigenvalue weighted by Crippen LogP contribution is -2.46. The van der Waals surface area contributed by atoms with Crippen LogP contribution in [0.25, 0.3) is 10.9 Å². The number of nitrogens with zero attached hydrogens (tertiary/aromatic N) is 2. The van der Waals surface area contributed by atoms with Crippen LogP contribution in [-0.2, 0) is 37.5 Å². The molecular formula is C29H28ClFN4O6S. The Kier molecular flexibility index (Phi) is 9.33. The van der Waals surface area contributed by atoms with Gasteiger partial charge in [-0.2, -0.15) is 0 Å². The molecule has 0 radical (unpaired) electrons. The van der Waals surface area contributed by atoms with Gasteiger partial charge in [0.25, 0.3) is 0 Å². The van der Waals surface area contributed by atoms with Crippen LogP contribution in [0, 0.1) is 17.7 Å². The number of halogens is 2. The molecule has 220 valence electrons. The van der Waals surface area contributed by atoms with Gasteiger partial charge in [-0.3, -0.25) is 19.2 Å². The molecule has 1 fully saturated rings. The van der Waals surface area contributed by atoms with Gasteiger partial charge in [-0.15, -0.1) is 0 Å². The summed E-state index contributed by atoms with van der Waals surface area (Å²) in [5.74, 6) is 1.98. The van der Waals surface area contributed by atoms with Crippen molar-refractivity contribution >= 4 is 56.0 Å². The predicted octanol–water partition coefficient (Wildman–Crippen LogP) is 2.76. The monoisotopic (exact) mass is 614 g/mol. The molecule has 13 heteroatoms. The Morgan fingerprint density at radius 3 is 2.64 bits per heavy atom. The third kappa shape index (κ3) is 6.98. The molecule has 42 heavy (non-hydrogen) atoms. The Balaban J connectivity index is 1.53. The van der Waals surface area contributed by atoms with E-state index in [1.807, 2.05) is 4.72 Å². The van der Waals surface area contributed by atoms with Gasteiger partial charge >= 0.3 is 5.91 Å². The first kappa shape index (κ1) is 30.7. The van der Waals surface area contributed by atoms with Crippen LogP contribution >= 0.6 is 11.6 Å². The molecule has 4 rings (SSSR count). The van der Waals surface area contributed by atoms with Crippen LogP contribution in [0.1, 0.15) is 48.2 Å². The van der Waals surface area contributed by atoms with Crippen molar-refractivity contribution in [3.63, 3.8) is 0 Å². The number of rotatable bonds is 8. The quantitative estimate of drug-likeness (QED) is 0.296. The minimum Gasteiger partial charge on any atom is -0.350 e. The van der Waals surface area contributed by atoms with E-state index in [1.54, 1.807) is 35.0 Å². The van der Waals surface area contributed by atoms with E-state index in [0.29, 0.717) is 41.4 Å². The smallest absolute Gasteiger partial charge is 0.309 e. The lowest BCUT2D eigenvalue weighted by atomic mass is 10.1. The molecule has 0 bridgehead atoms. The first-order valence-electron chi connectivity index (χ1n) is 13.1. The molecule has 0 aliphatic carbocycles. The maximum atomic E-state index is 14.2. The number of hydrogen-bond donors (Lipinski definition) is 2. The van der Waals surface area contributed by atoms with Crippen molar-refractivity contribution in [2.45, 2.75) is 45.8 Å². The van der Waals surface area contributed by atoms with E-state index < -0.39 is 33.7 Å². The zero-order valence-corrected chi connectivity index (χ0v) is 24.4. The number of aromatic nitrogens is 1. The van der Waals surface area contributed by atoms with Gasteiger partial charge in [-0.1, -0.05) is 35.7 Å². The molecule has 3 aromatic rings. The van der Waals surface area contributed by atoms with Gasteiger partial charge in [0.2, 0.25) is 21.8 Å². The summed E-state index contributed by atoms with van der Waals surface area (Å²) in [5, 5.41) is 3.20. The minimum atomic E-state index is -3.76. The fourth-order valence-corrected chi connectivity index (χ4v) is 5.38. The van der Waals surface area contributed by atoms with Crippen molar-refractivity contribution in [1.29, 1.82) is 0 Å². The Morgan fingerprint density at radius 2 is 1.93 bits per heavy atom. The number of likely N-dealkylation sites (tertiary alicyclic amines) is 1. The molecule has 0 unspecified atom stereocenters. The highest BCUT2D eigenvalue weighted by Gasteiger charge is 2.34. The summed E-state index contributed by atoms with van der Waals surface area (Å²) >= 11 is 5.82. The van der Waals surface area contributed by atoms with Gasteiger partial charge < -0.3 is 14.8 Å². The molecule has 2 aromatic carbocycles. The molecule has 1 aromatic heterocycles. The summed E-state index contributed by atoms with van der Waals surface area (Å²) in [4.78, 5) is 52.1. The first-order chi connectivity index (χ1) is 19.9. The zero-order valence-electron chi connectivity index (χ0n) is 22.9. The van der Waals surface area contributed by atoms with Crippen LogP contribution in [0.3, 0.4) is 0 Å². The summed E-state index contributed by atoms with van der Waals surface area (Å²) in [6.45, 7) is 2.88. The van der Waals surface area contributed by atoms with Crippen LogP contribution in [0.4, 0.5) is 4.39 Å². The summed E-state index contributed by atoms with van der Waals surface area (Å²) < 4.78 is 40.8. The molecule has 10 nitrogen and oxygen atoms in total. The highest BCUT2D eigenvalue weighted by Crippen LogP contribution is 2.25. The number of carbonyl (C=O) groups is 4. The van der Waals surface area contributed by atoms with Crippen LogP contribution in [0.15, 0.2) is 42.6 Å². The van der Waals surface area contributed by atoms with Gasteiger partial charge in [0.15, 0.2) is 5.78 Å². The van der Waals surface area contributed by atoms with Crippen LogP contribution in [0.5, 0.6) is 0 Å². The van der Waals surface area contributed by atoms with E-state index in [-0.39, 0.29) is 41.1 Å². The molecule has 1 atom stereocenters. The number of hydrogen-bond acceptors (Lipinski definition) is 6. The highest BCUT2D eigenvalue weighted by atomic mass is 35.5. The number of ketones is 1. The molecular weight excluding hydrogens is 587 g/mol. The van der Waals surface area contributed by atoms with Crippen molar-refractivity contribution in [2.24, 2.45) is 0 Å². The van der Waals surface area contributed by atoms with Gasteiger partial charge in [0.1, 0.15) is 18.4 Å². The summed E-state index contributed by atoms with van der Waals surface area (Å²) in [6, 6.07) is 8.58. The summed E-state index contributed by atoms with van der Waals surface area (Å²) in [7, 11) is -3.76. The lowest BCUT2D eigenvalue weighted by molar-refractivity contribution is -0.138. The number of benzene rings is 2. The van der Waals surface area contributed by atoms with E-state index in [0.717, 1.165) is 0 Å². The third-order valence-electron chi connectivity index (χ3n) is 6.88. The Bertz CT molecular complexity index is 1760. The van der Waals surface area contributed by atoms with Crippen LogP contribution < -0.4 is 10.0 Å². The second kappa shape index (κ2) is 12.8. The fraction of sp³-hybridized carbons (Fsp3) is 0.310. The first-order valence-corrected chi connectivity index (χ1v) is 15.1. The van der Waals surface area contributed by atoms with Gasteiger partial charge in [0.05, 0.1) is 16.3 Å². The van der Waals surface area contributed by atoms with E-state index >= 15 is 0 Å².